The first-order chi connectivity index (χ1) is 14.4. The summed E-state index contributed by atoms with van der Waals surface area (Å²) in [5, 5.41) is 30.4. The van der Waals surface area contributed by atoms with Gasteiger partial charge in [0, 0.05) is 23.2 Å². The van der Waals surface area contributed by atoms with Crippen molar-refractivity contribution in [3.8, 4) is 5.75 Å². The topological polar surface area (TPSA) is 118 Å². The first kappa shape index (κ1) is 21.8. The van der Waals surface area contributed by atoms with E-state index in [0.29, 0.717) is 29.7 Å². The number of hydrogen-bond donors (Lipinski definition) is 4. The molecular weight excluding hydrogens is 384 g/mol. The molecule has 0 radical (unpaired) electrons. The molecule has 3 aromatic rings. The molecule has 2 atom stereocenters. The lowest BCUT2D eigenvalue weighted by Crippen LogP contribution is -2.28. The molecule has 0 aliphatic carbocycles. The van der Waals surface area contributed by atoms with Crippen molar-refractivity contribution in [1.29, 1.82) is 0 Å². The molecule has 0 spiro atoms. The Morgan fingerprint density at radius 3 is 2.37 bits per heavy atom. The Labute approximate surface area is 175 Å². The zero-order chi connectivity index (χ0) is 21.8. The van der Waals surface area contributed by atoms with Gasteiger partial charge in [0.1, 0.15) is 18.1 Å². The maximum Gasteiger partial charge on any atom is 0.341 e. The smallest absolute Gasteiger partial charge is 0.341 e. The first-order valence-corrected chi connectivity index (χ1v) is 10.0. The average Bonchev–Trinajstić information content (AvgIpc) is 3.05. The zero-order valence-electron chi connectivity index (χ0n) is 17.2. The third-order valence-corrected chi connectivity index (χ3v) is 5.24. The molecular formula is C23H28N2O5. The van der Waals surface area contributed by atoms with Gasteiger partial charge in [-0.05, 0) is 36.1 Å². The number of hydrogen-bond acceptors (Lipinski definition) is 5. The number of fused-ring (bicyclic) bond motifs is 1. The minimum Gasteiger partial charge on any atom is -0.481 e. The Hall–Kier alpha value is -2.87. The summed E-state index contributed by atoms with van der Waals surface area (Å²) in [6.45, 7) is 4.02. The summed E-state index contributed by atoms with van der Waals surface area (Å²) < 4.78 is 7.69. The number of benzene rings is 2. The highest BCUT2D eigenvalue weighted by Crippen LogP contribution is 2.40. The SMILES string of the molecule is CCc1cc(OCC(=O)O)c2c(C(O)C(N)O)c(CC)n(Cc3ccccc3)c2c1. The molecule has 3 rings (SSSR count). The number of rotatable bonds is 9. The highest BCUT2D eigenvalue weighted by atomic mass is 16.5. The molecule has 2 unspecified atom stereocenters. The minimum atomic E-state index is -1.48. The lowest BCUT2D eigenvalue weighted by molar-refractivity contribution is -0.139. The van der Waals surface area contributed by atoms with E-state index in [-0.39, 0.29) is 0 Å². The summed E-state index contributed by atoms with van der Waals surface area (Å²) >= 11 is 0. The van der Waals surface area contributed by atoms with Crippen LogP contribution in [0, 0.1) is 0 Å². The van der Waals surface area contributed by atoms with Gasteiger partial charge in [0.05, 0.1) is 5.52 Å². The number of nitrogens with zero attached hydrogens (tertiary/aromatic N) is 1. The van der Waals surface area contributed by atoms with Crippen LogP contribution in [0.15, 0.2) is 42.5 Å². The number of aliphatic hydroxyl groups is 2. The molecule has 1 heterocycles. The van der Waals surface area contributed by atoms with Crippen LogP contribution in [0.1, 0.15) is 42.3 Å². The van der Waals surface area contributed by atoms with Gasteiger partial charge in [-0.3, -0.25) is 0 Å². The van der Waals surface area contributed by atoms with Crippen molar-refractivity contribution in [1.82, 2.24) is 4.57 Å². The third kappa shape index (κ3) is 4.33. The largest absolute Gasteiger partial charge is 0.481 e. The van der Waals surface area contributed by atoms with Crippen molar-refractivity contribution in [3.63, 3.8) is 0 Å². The van der Waals surface area contributed by atoms with Crippen molar-refractivity contribution in [3.05, 3.63) is 64.8 Å². The molecule has 7 heteroatoms. The van der Waals surface area contributed by atoms with Crippen molar-refractivity contribution in [2.24, 2.45) is 5.73 Å². The number of aromatic nitrogens is 1. The van der Waals surface area contributed by atoms with Gasteiger partial charge in [-0.15, -0.1) is 0 Å². The molecule has 7 nitrogen and oxygen atoms in total. The van der Waals surface area contributed by atoms with Gasteiger partial charge in [-0.25, -0.2) is 4.79 Å². The third-order valence-electron chi connectivity index (χ3n) is 5.24. The summed E-state index contributed by atoms with van der Waals surface area (Å²) in [5.41, 5.74) is 9.79. The van der Waals surface area contributed by atoms with Crippen LogP contribution >= 0.6 is 0 Å². The van der Waals surface area contributed by atoms with Gasteiger partial charge in [0.25, 0.3) is 0 Å². The lowest BCUT2D eigenvalue weighted by Gasteiger charge is -2.17. The normalized spacial score (nSPS) is 13.4. The van der Waals surface area contributed by atoms with E-state index in [1.165, 1.54) is 0 Å². The quantitative estimate of drug-likeness (QED) is 0.401. The van der Waals surface area contributed by atoms with E-state index in [4.69, 9.17) is 15.6 Å². The maximum atomic E-state index is 11.1. The Bertz CT molecular complexity index is 1030. The summed E-state index contributed by atoms with van der Waals surface area (Å²) in [6, 6.07) is 13.7. The Balaban J connectivity index is 2.32. The fourth-order valence-electron chi connectivity index (χ4n) is 3.85. The number of nitrogens with two attached hydrogens (primary N) is 1. The molecule has 160 valence electrons. The van der Waals surface area contributed by atoms with Crippen LogP contribution in [0.25, 0.3) is 10.9 Å². The number of carboxylic acid groups (broad SMARTS) is 1. The van der Waals surface area contributed by atoms with Crippen LogP contribution in [0.5, 0.6) is 5.75 Å². The molecule has 1 aromatic heterocycles. The monoisotopic (exact) mass is 412 g/mol. The van der Waals surface area contributed by atoms with Gasteiger partial charge >= 0.3 is 5.97 Å². The molecule has 5 N–H and O–H groups in total. The molecule has 0 amide bonds. The molecule has 30 heavy (non-hydrogen) atoms. The van der Waals surface area contributed by atoms with Crippen molar-refractivity contribution >= 4 is 16.9 Å². The predicted molar refractivity (Wildman–Crippen MR) is 115 cm³/mol. The summed E-state index contributed by atoms with van der Waals surface area (Å²) in [6.07, 6.45) is -1.50. The van der Waals surface area contributed by atoms with Crippen molar-refractivity contribution in [2.45, 2.75) is 45.6 Å². The van der Waals surface area contributed by atoms with Crippen LogP contribution in [-0.2, 0) is 24.2 Å². The van der Waals surface area contributed by atoms with Gasteiger partial charge in [0.2, 0.25) is 0 Å². The van der Waals surface area contributed by atoms with E-state index in [0.717, 1.165) is 28.8 Å². The summed E-state index contributed by atoms with van der Waals surface area (Å²) in [7, 11) is 0. The highest BCUT2D eigenvalue weighted by molar-refractivity contribution is 5.93. The van der Waals surface area contributed by atoms with E-state index >= 15 is 0 Å². The predicted octanol–water partition coefficient (Wildman–Crippen LogP) is 2.59. The second kappa shape index (κ2) is 9.30. The lowest BCUT2D eigenvalue weighted by atomic mass is 10.00. The number of aliphatic hydroxyl groups excluding tert-OH is 2. The van der Waals surface area contributed by atoms with Gasteiger partial charge in [-0.2, -0.15) is 0 Å². The van der Waals surface area contributed by atoms with Gasteiger partial charge < -0.3 is 30.4 Å². The molecule has 0 aliphatic heterocycles. The summed E-state index contributed by atoms with van der Waals surface area (Å²) in [5.74, 6) is -0.728. The van der Waals surface area contributed by atoms with Crippen LogP contribution in [0.3, 0.4) is 0 Å². The number of aryl methyl sites for hydroxylation is 1. The second-order valence-electron chi connectivity index (χ2n) is 7.25. The number of carbonyl (C=O) groups is 1. The van der Waals surface area contributed by atoms with E-state index in [2.05, 4.69) is 4.57 Å². The molecule has 0 fully saturated rings. The van der Waals surface area contributed by atoms with Gasteiger partial charge in [-0.1, -0.05) is 44.2 Å². The number of ether oxygens (including phenoxy) is 1. The van der Waals surface area contributed by atoms with Crippen molar-refractivity contribution < 1.29 is 24.9 Å². The Kier molecular flexibility index (Phi) is 6.77. The van der Waals surface area contributed by atoms with Crippen LogP contribution in [0.2, 0.25) is 0 Å². The molecule has 2 aromatic carbocycles. The number of carboxylic acids is 1. The van der Waals surface area contributed by atoms with Crippen LogP contribution in [-0.4, -0.2) is 38.7 Å². The van der Waals surface area contributed by atoms with Crippen LogP contribution < -0.4 is 10.5 Å². The molecule has 0 aliphatic rings. The van der Waals surface area contributed by atoms with Crippen molar-refractivity contribution in [2.75, 3.05) is 6.61 Å². The molecule has 0 saturated carbocycles. The van der Waals surface area contributed by atoms with Crippen LogP contribution in [0.4, 0.5) is 0 Å². The fraction of sp³-hybridized carbons (Fsp3) is 0.348. The van der Waals surface area contributed by atoms with E-state index in [1.807, 2.05) is 50.2 Å². The fourth-order valence-corrected chi connectivity index (χ4v) is 3.85. The summed E-state index contributed by atoms with van der Waals surface area (Å²) in [4.78, 5) is 11.1. The number of aliphatic carboxylic acids is 1. The maximum absolute atomic E-state index is 11.1. The molecule has 0 saturated heterocycles. The average molecular weight is 412 g/mol. The zero-order valence-corrected chi connectivity index (χ0v) is 17.2. The van der Waals surface area contributed by atoms with E-state index < -0.39 is 24.9 Å². The Morgan fingerprint density at radius 1 is 1.10 bits per heavy atom. The molecule has 0 bridgehead atoms. The first-order valence-electron chi connectivity index (χ1n) is 10.0. The second-order valence-corrected chi connectivity index (χ2v) is 7.25. The van der Waals surface area contributed by atoms with E-state index in [9.17, 15) is 15.0 Å². The minimum absolute atomic E-state index is 0.364. The highest BCUT2D eigenvalue weighted by Gasteiger charge is 2.28. The van der Waals surface area contributed by atoms with Gasteiger partial charge in [0.15, 0.2) is 6.61 Å². The Morgan fingerprint density at radius 2 is 1.80 bits per heavy atom. The standard InChI is InChI=1S/C23H28N2O5/c1-3-14-10-17-20(18(11-14)30-13-19(26)27)21(22(28)23(24)29)16(4-2)25(17)12-15-8-6-5-7-9-15/h5-11,22-23,28-29H,3-4,12-13,24H2,1-2H3,(H,26,27). The van der Waals surface area contributed by atoms with E-state index in [1.54, 1.807) is 6.07 Å².